The van der Waals surface area contributed by atoms with Crippen molar-refractivity contribution in [2.75, 3.05) is 31.1 Å². The summed E-state index contributed by atoms with van der Waals surface area (Å²) in [6.45, 7) is 6.76. The summed E-state index contributed by atoms with van der Waals surface area (Å²) < 4.78 is 28.2. The molecule has 0 bridgehead atoms. The topological polar surface area (TPSA) is 68.8 Å². The zero-order valence-corrected chi connectivity index (χ0v) is 18.6. The lowest BCUT2D eigenvalue weighted by Crippen LogP contribution is -2.44. The van der Waals surface area contributed by atoms with Crippen molar-refractivity contribution < 1.29 is 13.6 Å². The Bertz CT molecular complexity index is 929. The van der Waals surface area contributed by atoms with E-state index in [1.807, 2.05) is 32.0 Å². The van der Waals surface area contributed by atoms with Crippen LogP contribution in [0.1, 0.15) is 42.6 Å². The molecule has 3 rings (SSSR count). The molecule has 1 aliphatic heterocycles. The molecule has 1 aliphatic rings. The second kappa shape index (κ2) is 11.5. The van der Waals surface area contributed by atoms with Gasteiger partial charge in [-0.25, -0.2) is 13.8 Å². The van der Waals surface area contributed by atoms with E-state index in [1.165, 1.54) is 18.2 Å². The molecule has 1 amide bonds. The normalized spacial score (nSPS) is 16.2. The van der Waals surface area contributed by atoms with Crippen LogP contribution in [0, 0.1) is 11.6 Å². The van der Waals surface area contributed by atoms with Crippen molar-refractivity contribution in [1.29, 1.82) is 0 Å². The van der Waals surface area contributed by atoms with E-state index < -0.39 is 11.6 Å². The first-order chi connectivity index (χ1) is 15.5. The number of nitrogens with zero attached hydrogens (tertiary/aromatic N) is 2. The zero-order chi connectivity index (χ0) is 22.9. The molecule has 0 spiro atoms. The lowest BCUT2D eigenvalue weighted by atomic mass is 10.1. The monoisotopic (exact) mass is 443 g/mol. The summed E-state index contributed by atoms with van der Waals surface area (Å²) in [5, 5.41) is 9.46. The van der Waals surface area contributed by atoms with Gasteiger partial charge in [0.05, 0.1) is 6.54 Å². The van der Waals surface area contributed by atoms with Crippen molar-refractivity contribution >= 4 is 17.6 Å². The van der Waals surface area contributed by atoms with Crippen LogP contribution in [0.5, 0.6) is 0 Å². The fourth-order valence-corrected chi connectivity index (χ4v) is 3.71. The van der Waals surface area contributed by atoms with Gasteiger partial charge >= 0.3 is 0 Å². The third kappa shape index (κ3) is 6.18. The molecule has 8 heteroatoms. The molecule has 2 aromatic rings. The number of amides is 1. The van der Waals surface area contributed by atoms with Gasteiger partial charge in [-0.3, -0.25) is 4.79 Å². The van der Waals surface area contributed by atoms with Gasteiger partial charge in [-0.2, -0.15) is 0 Å². The number of guanidine groups is 1. The number of nitrogens with one attached hydrogen (secondary N) is 3. The van der Waals surface area contributed by atoms with Crippen molar-refractivity contribution in [3.63, 3.8) is 0 Å². The van der Waals surface area contributed by atoms with E-state index in [-0.39, 0.29) is 17.6 Å². The number of benzene rings is 2. The smallest absolute Gasteiger partial charge is 0.251 e. The number of carbonyl (C=O) groups excluding carboxylic acids is 1. The van der Waals surface area contributed by atoms with Gasteiger partial charge in [-0.05, 0) is 49.6 Å². The first-order valence-corrected chi connectivity index (χ1v) is 11.1. The Morgan fingerprint density at radius 2 is 1.88 bits per heavy atom. The quantitative estimate of drug-likeness (QED) is 0.432. The second-order valence-electron chi connectivity index (χ2n) is 7.80. The van der Waals surface area contributed by atoms with E-state index in [9.17, 15) is 13.6 Å². The van der Waals surface area contributed by atoms with Crippen molar-refractivity contribution in [3.05, 3.63) is 65.2 Å². The third-order valence-electron chi connectivity index (χ3n) is 5.27. The fourth-order valence-electron chi connectivity index (χ4n) is 3.71. The van der Waals surface area contributed by atoms with E-state index in [2.05, 4.69) is 20.9 Å². The van der Waals surface area contributed by atoms with Crippen LogP contribution in [0.25, 0.3) is 0 Å². The van der Waals surface area contributed by atoms with E-state index in [4.69, 9.17) is 0 Å². The summed E-state index contributed by atoms with van der Waals surface area (Å²) in [6.07, 6.45) is 1.63. The zero-order valence-electron chi connectivity index (χ0n) is 18.6. The summed E-state index contributed by atoms with van der Waals surface area (Å²) >= 11 is 0. The highest BCUT2D eigenvalue weighted by Crippen LogP contribution is 2.26. The summed E-state index contributed by atoms with van der Waals surface area (Å²) in [4.78, 5) is 18.6. The van der Waals surface area contributed by atoms with Crippen molar-refractivity contribution in [1.82, 2.24) is 16.0 Å². The molecule has 0 radical (unpaired) electrons. The van der Waals surface area contributed by atoms with Gasteiger partial charge in [-0.15, -0.1) is 0 Å². The van der Waals surface area contributed by atoms with Crippen LogP contribution in [-0.2, 0) is 6.54 Å². The molecule has 0 aliphatic carbocycles. The number of hydrogen-bond donors (Lipinski definition) is 3. The molecule has 1 fully saturated rings. The highest BCUT2D eigenvalue weighted by atomic mass is 19.1. The minimum absolute atomic E-state index is 0.0120. The first-order valence-electron chi connectivity index (χ1n) is 11.1. The van der Waals surface area contributed by atoms with E-state index in [1.54, 1.807) is 11.0 Å². The molecule has 6 nitrogen and oxygen atoms in total. The first kappa shape index (κ1) is 23.5. The molecular formula is C24H31F2N5O. The lowest BCUT2D eigenvalue weighted by molar-refractivity contribution is 0.0953. The molecule has 3 N–H and O–H groups in total. The van der Waals surface area contributed by atoms with Crippen LogP contribution in [-0.4, -0.2) is 44.1 Å². The molecule has 1 saturated heterocycles. The molecule has 0 aromatic heterocycles. The Hall–Kier alpha value is -3.16. The number of anilines is 1. The van der Waals surface area contributed by atoms with Crippen molar-refractivity contribution in [3.8, 4) is 0 Å². The summed E-state index contributed by atoms with van der Waals surface area (Å²) in [6, 6.07) is 11.4. The van der Waals surface area contributed by atoms with Crippen molar-refractivity contribution in [2.24, 2.45) is 4.99 Å². The van der Waals surface area contributed by atoms with Crippen LogP contribution >= 0.6 is 0 Å². The summed E-state index contributed by atoms with van der Waals surface area (Å²) in [5.41, 5.74) is 1.56. The van der Waals surface area contributed by atoms with Gasteiger partial charge in [0.1, 0.15) is 17.3 Å². The molecule has 0 saturated carbocycles. The Kier molecular flexibility index (Phi) is 8.41. The number of hydrogen-bond acceptors (Lipinski definition) is 3. The van der Waals surface area contributed by atoms with Crippen LogP contribution in [0.3, 0.4) is 0 Å². The van der Waals surface area contributed by atoms with E-state index in [0.29, 0.717) is 44.2 Å². The maximum atomic E-state index is 14.1. The van der Waals surface area contributed by atoms with Crippen LogP contribution in [0.2, 0.25) is 0 Å². The molecule has 2 aromatic carbocycles. The Balaban J connectivity index is 1.63. The number of rotatable bonds is 8. The standard InChI is InChI=1S/C24H31F2N5O/c1-3-12-28-23(32)18-8-5-7-17(14-18)15-29-24(27-4-2)30-19-11-13-31(16-19)22-20(25)9-6-10-21(22)26/h5-10,14,19H,3-4,11-13,15-16H2,1-2H3,(H,28,32)(H2,27,29,30). The van der Waals surface area contributed by atoms with Gasteiger partial charge < -0.3 is 20.9 Å². The minimum Gasteiger partial charge on any atom is -0.365 e. The van der Waals surface area contributed by atoms with E-state index >= 15 is 0 Å². The predicted octanol–water partition coefficient (Wildman–Crippen LogP) is 3.44. The Labute approximate surface area is 188 Å². The predicted molar refractivity (Wildman–Crippen MR) is 124 cm³/mol. The van der Waals surface area contributed by atoms with E-state index in [0.717, 1.165) is 18.4 Å². The van der Waals surface area contributed by atoms with Crippen LogP contribution in [0.4, 0.5) is 14.5 Å². The Morgan fingerprint density at radius 3 is 2.59 bits per heavy atom. The number of aliphatic imine (C=N–C) groups is 1. The molecule has 172 valence electrons. The molecule has 1 unspecified atom stereocenters. The minimum atomic E-state index is -0.547. The number of carbonyl (C=O) groups is 1. The Morgan fingerprint density at radius 1 is 1.12 bits per heavy atom. The molecular weight excluding hydrogens is 412 g/mol. The largest absolute Gasteiger partial charge is 0.365 e. The van der Waals surface area contributed by atoms with Crippen LogP contribution < -0.4 is 20.9 Å². The number of halogens is 2. The lowest BCUT2D eigenvalue weighted by Gasteiger charge is -2.21. The maximum Gasteiger partial charge on any atom is 0.251 e. The highest BCUT2D eigenvalue weighted by Gasteiger charge is 2.27. The molecule has 1 heterocycles. The van der Waals surface area contributed by atoms with Gasteiger partial charge in [-0.1, -0.05) is 25.1 Å². The highest BCUT2D eigenvalue weighted by molar-refractivity contribution is 5.94. The third-order valence-corrected chi connectivity index (χ3v) is 5.27. The van der Waals surface area contributed by atoms with Crippen molar-refractivity contribution in [2.45, 2.75) is 39.3 Å². The van der Waals surface area contributed by atoms with Crippen LogP contribution in [0.15, 0.2) is 47.5 Å². The second-order valence-corrected chi connectivity index (χ2v) is 7.80. The van der Waals surface area contributed by atoms with Gasteiger partial charge in [0.15, 0.2) is 5.96 Å². The average Bonchev–Trinajstić information content (AvgIpc) is 3.24. The maximum absolute atomic E-state index is 14.1. The van der Waals surface area contributed by atoms with Gasteiger partial charge in [0.25, 0.3) is 5.91 Å². The average molecular weight is 444 g/mol. The molecule has 32 heavy (non-hydrogen) atoms. The summed E-state index contributed by atoms with van der Waals surface area (Å²) in [7, 11) is 0. The summed E-state index contributed by atoms with van der Waals surface area (Å²) in [5.74, 6) is -0.550. The SMILES string of the molecule is CCCNC(=O)c1cccc(CN=C(NCC)NC2CCN(c3c(F)cccc3F)C2)c1. The number of para-hydroxylation sites is 1. The van der Waals surface area contributed by atoms with Gasteiger partial charge in [0, 0.05) is 37.8 Å². The molecule has 1 atom stereocenters. The van der Waals surface area contributed by atoms with Gasteiger partial charge in [0.2, 0.25) is 0 Å². The fraction of sp³-hybridized carbons (Fsp3) is 0.417.